The number of benzene rings is 1. The Kier molecular flexibility index (Phi) is 9.46. The maximum absolute atomic E-state index is 12.1. The predicted octanol–water partition coefficient (Wildman–Crippen LogP) is 2.48. The number of pyridine rings is 1. The molecule has 1 aromatic heterocycles. The van der Waals surface area contributed by atoms with Crippen LogP contribution in [0.1, 0.15) is 10.4 Å². The molecule has 1 amide bonds. The second-order valence-corrected chi connectivity index (χ2v) is 6.84. The number of aliphatic imine (C=N–C) groups is 1. The Labute approximate surface area is 193 Å². The van der Waals surface area contributed by atoms with Gasteiger partial charge in [-0.25, -0.2) is 4.98 Å². The third-order valence-electron chi connectivity index (χ3n) is 4.56. The molecular weight excluding hydrogens is 503 g/mol. The molecule has 2 N–H and O–H groups in total. The lowest BCUT2D eigenvalue weighted by Crippen LogP contribution is -2.53. The lowest BCUT2D eigenvalue weighted by atomic mass is 10.2. The number of hydrogen-bond acceptors (Lipinski definition) is 4. The Morgan fingerprint density at radius 1 is 1.07 bits per heavy atom. The highest BCUT2D eigenvalue weighted by molar-refractivity contribution is 14.0. The fraction of sp³-hybridized carbons (Fsp3) is 0.350. The highest BCUT2D eigenvalue weighted by Gasteiger charge is 2.20. The summed E-state index contributed by atoms with van der Waals surface area (Å²) in [5.41, 5.74) is 0.597. The number of halogens is 2. The van der Waals surface area contributed by atoms with Crippen molar-refractivity contribution in [3.05, 3.63) is 59.2 Å². The molecule has 1 aliphatic heterocycles. The number of carbonyl (C=O) groups is 1. The average Bonchev–Trinajstić information content (AvgIpc) is 2.75. The number of carbonyl (C=O) groups excluding carboxylic acids is 1. The van der Waals surface area contributed by atoms with Crippen molar-refractivity contribution >= 4 is 53.3 Å². The van der Waals surface area contributed by atoms with Crippen molar-refractivity contribution in [1.29, 1.82) is 0 Å². The van der Waals surface area contributed by atoms with Crippen LogP contribution in [0.2, 0.25) is 5.02 Å². The molecule has 1 aliphatic rings. The summed E-state index contributed by atoms with van der Waals surface area (Å²) < 4.78 is 0. The van der Waals surface area contributed by atoms with Gasteiger partial charge in [0.15, 0.2) is 5.96 Å². The molecule has 29 heavy (non-hydrogen) atoms. The maximum atomic E-state index is 12.1. The zero-order valence-electron chi connectivity index (χ0n) is 16.3. The van der Waals surface area contributed by atoms with E-state index in [2.05, 4.69) is 30.4 Å². The van der Waals surface area contributed by atoms with Crippen LogP contribution in [0.4, 0.5) is 5.82 Å². The minimum atomic E-state index is -0.113. The number of amides is 1. The first-order valence-corrected chi connectivity index (χ1v) is 9.70. The number of aromatic nitrogens is 1. The molecule has 0 unspecified atom stereocenters. The normalized spacial score (nSPS) is 14.2. The molecular formula is C20H26ClIN6O. The van der Waals surface area contributed by atoms with E-state index in [0.717, 1.165) is 38.0 Å². The van der Waals surface area contributed by atoms with E-state index in [1.165, 1.54) is 0 Å². The highest BCUT2D eigenvalue weighted by atomic mass is 127. The summed E-state index contributed by atoms with van der Waals surface area (Å²) in [6.07, 6.45) is 1.82. The van der Waals surface area contributed by atoms with Crippen molar-refractivity contribution in [3.63, 3.8) is 0 Å². The third kappa shape index (κ3) is 6.74. The topological polar surface area (TPSA) is 72.9 Å². The van der Waals surface area contributed by atoms with Crippen molar-refractivity contribution in [2.24, 2.45) is 4.99 Å². The van der Waals surface area contributed by atoms with Gasteiger partial charge in [0.05, 0.1) is 0 Å². The van der Waals surface area contributed by atoms with Crippen molar-refractivity contribution in [3.8, 4) is 0 Å². The highest BCUT2D eigenvalue weighted by Crippen LogP contribution is 2.12. The molecule has 156 valence electrons. The van der Waals surface area contributed by atoms with Gasteiger partial charge in [-0.2, -0.15) is 0 Å². The Morgan fingerprint density at radius 2 is 1.76 bits per heavy atom. The fourth-order valence-electron chi connectivity index (χ4n) is 3.07. The molecule has 9 heteroatoms. The van der Waals surface area contributed by atoms with Crippen molar-refractivity contribution in [2.75, 3.05) is 51.2 Å². The molecule has 1 fully saturated rings. The van der Waals surface area contributed by atoms with Crippen LogP contribution >= 0.6 is 35.6 Å². The van der Waals surface area contributed by atoms with Gasteiger partial charge in [-0.05, 0) is 36.4 Å². The molecule has 0 spiro atoms. The van der Waals surface area contributed by atoms with E-state index in [0.29, 0.717) is 23.7 Å². The lowest BCUT2D eigenvalue weighted by Gasteiger charge is -2.37. The molecule has 1 saturated heterocycles. The standard InChI is InChI=1S/C20H25ClN6O.HI/c1-22-20(25-11-10-24-19(28)16-5-7-17(21)8-6-16)27-14-12-26(13-15-27)18-4-2-3-9-23-18;/h2-9H,10-15H2,1H3,(H,22,25)(H,24,28);1H. The second kappa shape index (κ2) is 11.8. The molecule has 2 heterocycles. The van der Waals surface area contributed by atoms with E-state index in [9.17, 15) is 4.79 Å². The van der Waals surface area contributed by atoms with Crippen LogP contribution in [-0.4, -0.2) is 68.1 Å². The number of piperazine rings is 1. The molecule has 0 saturated carbocycles. The zero-order valence-corrected chi connectivity index (χ0v) is 19.4. The first-order valence-electron chi connectivity index (χ1n) is 9.33. The molecule has 0 bridgehead atoms. The zero-order chi connectivity index (χ0) is 19.8. The van der Waals surface area contributed by atoms with Crippen LogP contribution in [0.5, 0.6) is 0 Å². The van der Waals surface area contributed by atoms with Gasteiger partial charge in [-0.1, -0.05) is 17.7 Å². The van der Waals surface area contributed by atoms with Gasteiger partial charge in [-0.15, -0.1) is 24.0 Å². The van der Waals surface area contributed by atoms with E-state index >= 15 is 0 Å². The number of guanidine groups is 1. The van der Waals surface area contributed by atoms with Gasteiger partial charge in [-0.3, -0.25) is 9.79 Å². The Morgan fingerprint density at radius 3 is 2.38 bits per heavy atom. The van der Waals surface area contributed by atoms with Gasteiger partial charge >= 0.3 is 0 Å². The van der Waals surface area contributed by atoms with Crippen LogP contribution in [-0.2, 0) is 0 Å². The van der Waals surface area contributed by atoms with Crippen molar-refractivity contribution < 1.29 is 4.79 Å². The first kappa shape index (κ1) is 23.2. The summed E-state index contributed by atoms with van der Waals surface area (Å²) in [7, 11) is 1.78. The van der Waals surface area contributed by atoms with E-state index in [1.54, 1.807) is 31.3 Å². The molecule has 0 atom stereocenters. The number of rotatable bonds is 5. The first-order chi connectivity index (χ1) is 13.7. The SMILES string of the molecule is CN=C(NCCNC(=O)c1ccc(Cl)cc1)N1CCN(c2ccccn2)CC1.I. The number of hydrogen-bond donors (Lipinski definition) is 2. The van der Waals surface area contributed by atoms with Gasteiger partial charge < -0.3 is 20.4 Å². The minimum Gasteiger partial charge on any atom is -0.354 e. The van der Waals surface area contributed by atoms with Crippen LogP contribution in [0, 0.1) is 0 Å². The Bertz CT molecular complexity index is 794. The average molecular weight is 529 g/mol. The molecule has 0 radical (unpaired) electrons. The van der Waals surface area contributed by atoms with Crippen molar-refractivity contribution in [1.82, 2.24) is 20.5 Å². The number of anilines is 1. The third-order valence-corrected chi connectivity index (χ3v) is 4.82. The summed E-state index contributed by atoms with van der Waals surface area (Å²) in [4.78, 5) is 25.4. The van der Waals surface area contributed by atoms with Crippen LogP contribution in [0.15, 0.2) is 53.7 Å². The number of nitrogens with one attached hydrogen (secondary N) is 2. The quantitative estimate of drug-likeness (QED) is 0.270. The number of nitrogens with zero attached hydrogens (tertiary/aromatic N) is 4. The van der Waals surface area contributed by atoms with Gasteiger partial charge in [0.1, 0.15) is 5.82 Å². The fourth-order valence-corrected chi connectivity index (χ4v) is 3.20. The summed E-state index contributed by atoms with van der Waals surface area (Å²) >= 11 is 5.85. The van der Waals surface area contributed by atoms with Crippen LogP contribution in [0.25, 0.3) is 0 Å². The van der Waals surface area contributed by atoms with E-state index in [4.69, 9.17) is 11.6 Å². The molecule has 7 nitrogen and oxygen atoms in total. The second-order valence-electron chi connectivity index (χ2n) is 6.40. The summed E-state index contributed by atoms with van der Waals surface area (Å²) in [5.74, 6) is 1.74. The summed E-state index contributed by atoms with van der Waals surface area (Å²) in [6.45, 7) is 4.64. The molecule has 0 aliphatic carbocycles. The van der Waals surface area contributed by atoms with Gasteiger partial charge in [0.25, 0.3) is 5.91 Å². The smallest absolute Gasteiger partial charge is 0.251 e. The molecule has 1 aromatic carbocycles. The predicted molar refractivity (Wildman–Crippen MR) is 129 cm³/mol. The van der Waals surface area contributed by atoms with Gasteiger partial charge in [0.2, 0.25) is 0 Å². The van der Waals surface area contributed by atoms with E-state index < -0.39 is 0 Å². The largest absolute Gasteiger partial charge is 0.354 e. The Hall–Kier alpha value is -2.07. The monoisotopic (exact) mass is 528 g/mol. The summed E-state index contributed by atoms with van der Waals surface area (Å²) in [6, 6.07) is 12.8. The van der Waals surface area contributed by atoms with E-state index in [-0.39, 0.29) is 29.9 Å². The maximum Gasteiger partial charge on any atom is 0.251 e. The van der Waals surface area contributed by atoms with E-state index in [1.807, 2.05) is 24.4 Å². The molecule has 3 rings (SSSR count). The van der Waals surface area contributed by atoms with Gasteiger partial charge in [0, 0.05) is 63.1 Å². The summed E-state index contributed by atoms with van der Waals surface area (Å²) in [5, 5.41) is 6.83. The minimum absolute atomic E-state index is 0. The molecule has 2 aromatic rings. The van der Waals surface area contributed by atoms with Crippen LogP contribution in [0.3, 0.4) is 0 Å². The van der Waals surface area contributed by atoms with Crippen molar-refractivity contribution in [2.45, 2.75) is 0 Å². The lowest BCUT2D eigenvalue weighted by molar-refractivity contribution is 0.0954. The Balaban J connectivity index is 0.00000300. The van der Waals surface area contributed by atoms with Crippen LogP contribution < -0.4 is 15.5 Å².